The molecule has 46 heavy (non-hydrogen) atoms. The summed E-state index contributed by atoms with van der Waals surface area (Å²) in [4.78, 5) is 25.7. The number of hydrogen-bond acceptors (Lipinski definition) is 7. The Labute approximate surface area is 281 Å². The lowest BCUT2D eigenvalue weighted by Crippen LogP contribution is -2.42. The highest BCUT2D eigenvalue weighted by atomic mass is 35.5. The second-order valence-corrected chi connectivity index (χ2v) is 11.9. The number of nitrogens with zero attached hydrogens (tertiary/aromatic N) is 4. The zero-order chi connectivity index (χ0) is 32.8. The zero-order valence-electron chi connectivity index (χ0n) is 26.2. The van der Waals surface area contributed by atoms with Gasteiger partial charge in [0.2, 0.25) is 0 Å². The Morgan fingerprint density at radius 2 is 1.59 bits per heavy atom. The van der Waals surface area contributed by atoms with Crippen LogP contribution in [0.25, 0.3) is 0 Å². The minimum Gasteiger partial charge on any atom is -0.396 e. The summed E-state index contributed by atoms with van der Waals surface area (Å²) in [6, 6.07) is 34.5. The zero-order valence-corrected chi connectivity index (χ0v) is 27.8. The van der Waals surface area contributed by atoms with Crippen molar-refractivity contribution in [2.45, 2.75) is 24.0 Å². The molecule has 0 saturated carbocycles. The number of terminal acetylenes is 1. The summed E-state index contributed by atoms with van der Waals surface area (Å²) in [6.45, 7) is 3.88. The van der Waals surface area contributed by atoms with Crippen molar-refractivity contribution in [3.63, 3.8) is 0 Å². The van der Waals surface area contributed by atoms with Crippen LogP contribution in [0.2, 0.25) is 0 Å². The molecule has 9 heteroatoms. The lowest BCUT2D eigenvalue weighted by atomic mass is 9.84. The van der Waals surface area contributed by atoms with Gasteiger partial charge in [0.1, 0.15) is 6.61 Å². The number of hydrogen-bond donors (Lipinski definition) is 1. The smallest absolute Gasteiger partial charge is 0.277 e. The van der Waals surface area contributed by atoms with Gasteiger partial charge in [-0.2, -0.15) is 0 Å². The number of benzene rings is 3. The number of anilines is 1. The van der Waals surface area contributed by atoms with Gasteiger partial charge in [-0.15, -0.1) is 29.8 Å². The Morgan fingerprint density at radius 3 is 2.02 bits per heavy atom. The number of aromatic nitrogens is 1. The topological polar surface area (TPSA) is 70.1 Å². The summed E-state index contributed by atoms with van der Waals surface area (Å²) >= 11 is 8.32. The number of thioether (sulfide) groups is 1. The maximum absolute atomic E-state index is 14.5. The van der Waals surface area contributed by atoms with E-state index in [0.717, 1.165) is 22.4 Å². The molecule has 0 radical (unpaired) electrons. The van der Waals surface area contributed by atoms with Crippen LogP contribution >= 0.6 is 23.4 Å². The molecule has 0 fully saturated rings. The van der Waals surface area contributed by atoms with Crippen LogP contribution in [0.15, 0.2) is 133 Å². The van der Waals surface area contributed by atoms with Gasteiger partial charge >= 0.3 is 0 Å². The maximum atomic E-state index is 14.5. The molecule has 1 heterocycles. The van der Waals surface area contributed by atoms with E-state index in [9.17, 15) is 4.79 Å². The van der Waals surface area contributed by atoms with Gasteiger partial charge in [-0.05, 0) is 42.7 Å². The SMILES string of the molecule is C#CCN(C(=O)/C(CSC(c1ccccc1)(c1ccccc1)c1ccccc1)=N/OCC)/C(=C/N(NC)c1cccnc1)C(C)Cl. The number of nitrogens with one attached hydrogen (secondary N) is 1. The van der Waals surface area contributed by atoms with E-state index < -0.39 is 16.0 Å². The van der Waals surface area contributed by atoms with Crippen LogP contribution in [-0.2, 0) is 14.4 Å². The highest BCUT2D eigenvalue weighted by Crippen LogP contribution is 2.48. The minimum absolute atomic E-state index is 0.0245. The first kappa shape index (κ1) is 34.3. The summed E-state index contributed by atoms with van der Waals surface area (Å²) < 4.78 is -0.671. The van der Waals surface area contributed by atoms with E-state index >= 15 is 0 Å². The van der Waals surface area contributed by atoms with Crippen LogP contribution < -0.4 is 10.4 Å². The number of allylic oxidation sites excluding steroid dienone is 1. The first-order valence-corrected chi connectivity index (χ1v) is 16.4. The molecule has 7 nitrogen and oxygen atoms in total. The lowest BCUT2D eigenvalue weighted by Gasteiger charge is -2.36. The number of hydrazine groups is 1. The van der Waals surface area contributed by atoms with Crippen molar-refractivity contribution in [1.82, 2.24) is 15.3 Å². The van der Waals surface area contributed by atoms with E-state index in [2.05, 4.69) is 57.9 Å². The average Bonchev–Trinajstić information content (AvgIpc) is 3.11. The van der Waals surface area contributed by atoms with Crippen LogP contribution in [0.5, 0.6) is 0 Å². The van der Waals surface area contributed by atoms with Gasteiger partial charge < -0.3 is 4.84 Å². The fourth-order valence-corrected chi connectivity index (χ4v) is 6.64. The molecular weight excluding hydrogens is 614 g/mol. The summed E-state index contributed by atoms with van der Waals surface area (Å²) in [5.41, 5.74) is 7.75. The highest BCUT2D eigenvalue weighted by molar-refractivity contribution is 8.01. The van der Waals surface area contributed by atoms with Crippen molar-refractivity contribution in [3.8, 4) is 12.3 Å². The van der Waals surface area contributed by atoms with Gasteiger partial charge in [0.15, 0.2) is 5.71 Å². The molecule has 0 aliphatic heterocycles. The molecule has 236 valence electrons. The molecule has 4 aromatic rings. The summed E-state index contributed by atoms with van der Waals surface area (Å²) in [6.07, 6.45) is 11.0. The van der Waals surface area contributed by atoms with Crippen molar-refractivity contribution in [2.75, 3.05) is 31.0 Å². The number of alkyl halides is 1. The standard InChI is InChI=1S/C37H38ClN5O2S/c1-5-25-42(35(29(3)38)27-43(39-4)33-23-16-24-40-26-33)36(44)34(41-45-6-2)28-46-37(30-17-10-7-11-18-30,31-19-12-8-13-20-31)32-21-14-9-15-22-32/h1,7-24,26-27,29,39H,6,25,28H2,2-4H3/b35-27+,41-34+. The highest BCUT2D eigenvalue weighted by Gasteiger charge is 2.38. The van der Waals surface area contributed by atoms with E-state index in [1.807, 2.05) is 73.7 Å². The molecule has 1 atom stereocenters. The third kappa shape index (κ3) is 8.18. The van der Waals surface area contributed by atoms with Crippen molar-refractivity contribution in [1.29, 1.82) is 0 Å². The number of oxime groups is 1. The molecule has 0 aliphatic rings. The van der Waals surface area contributed by atoms with Crippen LogP contribution in [0.3, 0.4) is 0 Å². The van der Waals surface area contributed by atoms with Crippen LogP contribution in [0, 0.1) is 12.3 Å². The summed E-state index contributed by atoms with van der Waals surface area (Å²) in [5, 5.41) is 5.51. The second kappa shape index (κ2) is 17.2. The van der Waals surface area contributed by atoms with Gasteiger partial charge in [0.25, 0.3) is 5.91 Å². The quantitative estimate of drug-likeness (QED) is 0.0488. The van der Waals surface area contributed by atoms with E-state index in [4.69, 9.17) is 22.9 Å². The number of halogens is 1. The maximum Gasteiger partial charge on any atom is 0.277 e. The second-order valence-electron chi connectivity index (χ2n) is 10.1. The number of carbonyl (C=O) groups excluding carboxylic acids is 1. The van der Waals surface area contributed by atoms with Crippen molar-refractivity contribution >= 4 is 40.7 Å². The third-order valence-electron chi connectivity index (χ3n) is 7.16. The Morgan fingerprint density at radius 1 is 1.02 bits per heavy atom. The Balaban J connectivity index is 1.80. The van der Waals surface area contributed by atoms with E-state index in [-0.39, 0.29) is 18.0 Å². The van der Waals surface area contributed by atoms with Crippen LogP contribution in [0.1, 0.15) is 30.5 Å². The number of amides is 1. The van der Waals surface area contributed by atoms with Gasteiger partial charge in [-0.1, -0.05) is 102 Å². The molecule has 4 rings (SSSR count). The van der Waals surface area contributed by atoms with Crippen LogP contribution in [-0.4, -0.2) is 52.8 Å². The summed E-state index contributed by atoms with van der Waals surface area (Å²) in [7, 11) is 1.77. The molecular formula is C37H38ClN5O2S. The van der Waals surface area contributed by atoms with Gasteiger partial charge in [0.05, 0.1) is 34.3 Å². The monoisotopic (exact) mass is 651 g/mol. The van der Waals surface area contributed by atoms with Gasteiger partial charge in [0, 0.05) is 25.2 Å². The Kier molecular flexibility index (Phi) is 12.9. The number of carbonyl (C=O) groups is 1. The van der Waals surface area contributed by atoms with Crippen molar-refractivity contribution in [3.05, 3.63) is 144 Å². The fraction of sp³-hybridized carbons (Fsp3) is 0.216. The van der Waals surface area contributed by atoms with E-state index in [1.54, 1.807) is 49.3 Å². The molecule has 0 bridgehead atoms. The first-order chi connectivity index (χ1) is 22.5. The fourth-order valence-electron chi connectivity index (χ4n) is 5.03. The predicted molar refractivity (Wildman–Crippen MR) is 190 cm³/mol. The van der Waals surface area contributed by atoms with Crippen molar-refractivity contribution in [2.24, 2.45) is 5.16 Å². The molecule has 3 aromatic carbocycles. The molecule has 0 saturated heterocycles. The molecule has 1 N–H and O–H groups in total. The van der Waals surface area contributed by atoms with E-state index in [0.29, 0.717) is 12.3 Å². The lowest BCUT2D eigenvalue weighted by molar-refractivity contribution is -0.122. The number of pyridine rings is 1. The molecule has 0 spiro atoms. The molecule has 0 aliphatic carbocycles. The molecule has 1 aromatic heterocycles. The summed E-state index contributed by atoms with van der Waals surface area (Å²) in [5.74, 6) is 2.44. The Hall–Kier alpha value is -4.55. The normalized spacial score (nSPS) is 12.6. The largest absolute Gasteiger partial charge is 0.396 e. The first-order valence-electron chi connectivity index (χ1n) is 14.9. The van der Waals surface area contributed by atoms with E-state index in [1.165, 1.54) is 4.90 Å². The average molecular weight is 652 g/mol. The predicted octanol–water partition coefficient (Wildman–Crippen LogP) is 7.07. The Bertz CT molecular complexity index is 1530. The van der Waals surface area contributed by atoms with Crippen LogP contribution in [0.4, 0.5) is 5.69 Å². The van der Waals surface area contributed by atoms with Gasteiger partial charge in [-0.25, -0.2) is 5.43 Å². The van der Waals surface area contributed by atoms with Gasteiger partial charge in [-0.3, -0.25) is 19.7 Å². The number of rotatable bonds is 15. The molecule has 1 unspecified atom stereocenters. The third-order valence-corrected chi connectivity index (χ3v) is 8.94. The minimum atomic E-state index is -0.671. The van der Waals surface area contributed by atoms with Crippen molar-refractivity contribution < 1.29 is 9.63 Å². The molecule has 1 amide bonds.